The number of carboxylic acids is 1. The maximum atomic E-state index is 12.9. The summed E-state index contributed by atoms with van der Waals surface area (Å²) in [6.07, 6.45) is 3.37. The molecule has 1 aliphatic carbocycles. The van der Waals surface area contributed by atoms with Crippen LogP contribution in [0.25, 0.3) is 10.2 Å². The normalized spacial score (nSPS) is 13.2. The molecule has 0 radical (unpaired) electrons. The number of fused-ring (bicyclic) bond motifs is 3. The smallest absolute Gasteiger partial charge is 0.332 e. The van der Waals surface area contributed by atoms with Crippen molar-refractivity contribution in [3.63, 3.8) is 0 Å². The number of rotatable bonds is 5. The third-order valence-electron chi connectivity index (χ3n) is 4.83. The van der Waals surface area contributed by atoms with Crippen molar-refractivity contribution in [1.82, 2.24) is 9.13 Å². The molecule has 0 aliphatic heterocycles. The zero-order valence-electron chi connectivity index (χ0n) is 14.1. The van der Waals surface area contributed by atoms with E-state index in [0.717, 1.165) is 39.8 Å². The van der Waals surface area contributed by atoms with Gasteiger partial charge >= 0.3 is 11.7 Å². The first-order valence-electron chi connectivity index (χ1n) is 8.60. The molecule has 4 rings (SSSR count). The van der Waals surface area contributed by atoms with Gasteiger partial charge in [0.1, 0.15) is 11.4 Å². The minimum Gasteiger partial charge on any atom is -0.480 e. The van der Waals surface area contributed by atoms with Crippen LogP contribution >= 0.6 is 11.3 Å². The molecular formula is C19H18N2O4S. The van der Waals surface area contributed by atoms with Crippen LogP contribution in [0.5, 0.6) is 0 Å². The van der Waals surface area contributed by atoms with Crippen LogP contribution in [0.15, 0.2) is 39.9 Å². The highest BCUT2D eigenvalue weighted by atomic mass is 32.1. The number of benzene rings is 1. The van der Waals surface area contributed by atoms with Crippen molar-refractivity contribution >= 4 is 27.5 Å². The Bertz CT molecular complexity index is 1110. The summed E-state index contributed by atoms with van der Waals surface area (Å²) in [6.45, 7) is -0.192. The first-order chi connectivity index (χ1) is 12.6. The summed E-state index contributed by atoms with van der Waals surface area (Å²) in [5.74, 6) is -1.19. The van der Waals surface area contributed by atoms with E-state index in [1.54, 1.807) is 4.57 Å². The quantitative estimate of drug-likeness (QED) is 0.745. The van der Waals surface area contributed by atoms with Crippen molar-refractivity contribution in [3.05, 3.63) is 67.2 Å². The lowest BCUT2D eigenvalue weighted by Crippen LogP contribution is -2.41. The molecule has 1 aromatic carbocycles. The van der Waals surface area contributed by atoms with E-state index >= 15 is 0 Å². The minimum atomic E-state index is -1.19. The molecule has 0 spiro atoms. The van der Waals surface area contributed by atoms with Gasteiger partial charge in [-0.05, 0) is 36.8 Å². The van der Waals surface area contributed by atoms with Gasteiger partial charge in [0.2, 0.25) is 0 Å². The molecule has 26 heavy (non-hydrogen) atoms. The molecule has 0 bridgehead atoms. The Kier molecular flexibility index (Phi) is 4.24. The lowest BCUT2D eigenvalue weighted by Gasteiger charge is -2.11. The van der Waals surface area contributed by atoms with Crippen LogP contribution in [0, 0.1) is 0 Å². The molecule has 0 unspecified atom stereocenters. The van der Waals surface area contributed by atoms with Crippen molar-refractivity contribution in [2.75, 3.05) is 0 Å². The van der Waals surface area contributed by atoms with E-state index in [-0.39, 0.29) is 0 Å². The van der Waals surface area contributed by atoms with Gasteiger partial charge in [0.25, 0.3) is 5.56 Å². The highest BCUT2D eigenvalue weighted by Gasteiger charge is 2.25. The topological polar surface area (TPSA) is 81.3 Å². The highest BCUT2D eigenvalue weighted by Crippen LogP contribution is 2.35. The molecule has 0 amide bonds. The van der Waals surface area contributed by atoms with Crippen molar-refractivity contribution in [2.24, 2.45) is 0 Å². The van der Waals surface area contributed by atoms with Crippen molar-refractivity contribution in [1.29, 1.82) is 0 Å². The van der Waals surface area contributed by atoms with E-state index < -0.39 is 23.8 Å². The molecule has 0 saturated carbocycles. The molecule has 1 N–H and O–H groups in total. The molecule has 0 saturated heterocycles. The molecule has 0 fully saturated rings. The predicted molar refractivity (Wildman–Crippen MR) is 100 cm³/mol. The standard InChI is InChI=1S/C19H18N2O4S/c22-15(23)11-21-17(24)16-13-7-4-8-14(13)26-18(16)20(19(21)25)10-9-12-5-2-1-3-6-12/h1-3,5-6H,4,7-11H2,(H,22,23). The molecule has 3 aromatic rings. The van der Waals surface area contributed by atoms with Crippen LogP contribution in [0.2, 0.25) is 0 Å². The monoisotopic (exact) mass is 370 g/mol. The Balaban J connectivity index is 1.88. The summed E-state index contributed by atoms with van der Waals surface area (Å²) in [5, 5.41) is 9.66. The zero-order valence-corrected chi connectivity index (χ0v) is 14.9. The average Bonchev–Trinajstić information content (AvgIpc) is 3.20. The lowest BCUT2D eigenvalue weighted by molar-refractivity contribution is -0.137. The van der Waals surface area contributed by atoms with Crippen LogP contribution in [-0.2, 0) is 37.1 Å². The van der Waals surface area contributed by atoms with Gasteiger partial charge in [-0.15, -0.1) is 11.3 Å². The first-order valence-corrected chi connectivity index (χ1v) is 9.41. The van der Waals surface area contributed by atoms with Crippen molar-refractivity contribution in [2.45, 2.75) is 38.8 Å². The highest BCUT2D eigenvalue weighted by molar-refractivity contribution is 7.18. The van der Waals surface area contributed by atoms with Gasteiger partial charge in [0.05, 0.1) is 5.39 Å². The second-order valence-corrected chi connectivity index (χ2v) is 7.58. The van der Waals surface area contributed by atoms with Crippen LogP contribution in [0.1, 0.15) is 22.4 Å². The van der Waals surface area contributed by atoms with Crippen molar-refractivity contribution in [3.8, 4) is 0 Å². The maximum Gasteiger partial charge on any atom is 0.332 e. The fourth-order valence-corrected chi connectivity index (χ4v) is 5.01. The van der Waals surface area contributed by atoms with Crippen LogP contribution in [-0.4, -0.2) is 20.2 Å². The van der Waals surface area contributed by atoms with E-state index in [1.165, 1.54) is 11.3 Å². The summed E-state index contributed by atoms with van der Waals surface area (Å²) in [7, 11) is 0. The number of nitrogens with zero attached hydrogens (tertiary/aromatic N) is 2. The van der Waals surface area contributed by atoms with Gasteiger partial charge in [-0.1, -0.05) is 30.3 Å². The Morgan fingerprint density at radius 2 is 1.88 bits per heavy atom. The fourth-order valence-electron chi connectivity index (χ4n) is 3.61. The predicted octanol–water partition coefficient (Wildman–Crippen LogP) is 2.04. The maximum absolute atomic E-state index is 12.9. The zero-order chi connectivity index (χ0) is 18.3. The van der Waals surface area contributed by atoms with E-state index in [4.69, 9.17) is 5.11 Å². The summed E-state index contributed by atoms with van der Waals surface area (Å²) < 4.78 is 2.44. The second kappa shape index (κ2) is 6.57. The fraction of sp³-hybridized carbons (Fsp3) is 0.316. The Hall–Kier alpha value is -2.67. The number of hydrogen-bond donors (Lipinski definition) is 1. The van der Waals surface area contributed by atoms with E-state index in [9.17, 15) is 14.4 Å². The molecule has 2 heterocycles. The van der Waals surface area contributed by atoms with E-state index in [0.29, 0.717) is 23.2 Å². The number of aromatic nitrogens is 2. The summed E-state index contributed by atoms with van der Waals surface area (Å²) in [5.41, 5.74) is 1.08. The average molecular weight is 370 g/mol. The van der Waals surface area contributed by atoms with Gasteiger partial charge in [0.15, 0.2) is 0 Å². The van der Waals surface area contributed by atoms with Gasteiger partial charge in [-0.3, -0.25) is 14.2 Å². The third-order valence-corrected chi connectivity index (χ3v) is 6.14. The van der Waals surface area contributed by atoms with Gasteiger partial charge < -0.3 is 5.11 Å². The van der Waals surface area contributed by atoms with Gasteiger partial charge in [0, 0.05) is 11.4 Å². The number of carbonyl (C=O) groups is 1. The largest absolute Gasteiger partial charge is 0.480 e. The minimum absolute atomic E-state index is 0.415. The van der Waals surface area contributed by atoms with Crippen LogP contribution in [0.4, 0.5) is 0 Å². The summed E-state index contributed by atoms with van der Waals surface area (Å²) in [6, 6.07) is 9.80. The Labute approximate surface area is 152 Å². The third kappa shape index (κ3) is 2.78. The molecule has 134 valence electrons. The Morgan fingerprint density at radius 3 is 2.62 bits per heavy atom. The number of aliphatic carboxylic acids is 1. The second-order valence-electron chi connectivity index (χ2n) is 6.49. The Morgan fingerprint density at radius 1 is 1.12 bits per heavy atom. The molecule has 7 heteroatoms. The van der Waals surface area contributed by atoms with Crippen LogP contribution in [0.3, 0.4) is 0 Å². The lowest BCUT2D eigenvalue weighted by atomic mass is 10.1. The van der Waals surface area contributed by atoms with Gasteiger partial charge in [-0.2, -0.15) is 0 Å². The first kappa shape index (κ1) is 16.8. The molecule has 6 nitrogen and oxygen atoms in total. The number of carboxylic acid groups (broad SMARTS) is 1. The molecular weight excluding hydrogens is 352 g/mol. The van der Waals surface area contributed by atoms with E-state index in [2.05, 4.69) is 0 Å². The van der Waals surface area contributed by atoms with Gasteiger partial charge in [-0.25, -0.2) is 9.36 Å². The number of thiophene rings is 1. The molecule has 0 atom stereocenters. The van der Waals surface area contributed by atoms with E-state index in [1.807, 2.05) is 30.3 Å². The van der Waals surface area contributed by atoms with Crippen molar-refractivity contribution < 1.29 is 9.90 Å². The number of hydrogen-bond acceptors (Lipinski definition) is 4. The van der Waals surface area contributed by atoms with Crippen LogP contribution < -0.4 is 11.2 Å². The molecule has 2 aromatic heterocycles. The molecule has 1 aliphatic rings. The summed E-state index contributed by atoms with van der Waals surface area (Å²) >= 11 is 1.51. The SMILES string of the molecule is O=C(O)Cn1c(=O)c2c3c(sc2n(CCc2ccccc2)c1=O)CCC3. The summed E-state index contributed by atoms with van der Waals surface area (Å²) in [4.78, 5) is 38.7. The number of aryl methyl sites for hydroxylation is 4.